The lowest BCUT2D eigenvalue weighted by molar-refractivity contribution is -0.192. The zero-order valence-electron chi connectivity index (χ0n) is 23.5. The van der Waals surface area contributed by atoms with Crippen molar-refractivity contribution >= 4 is 58.5 Å². The van der Waals surface area contributed by atoms with E-state index in [1.807, 2.05) is 30.3 Å². The molecular weight excluding hydrogens is 660 g/mol. The minimum atomic E-state index is -5.08. The molecule has 2 aromatic carbocycles. The molecule has 45 heavy (non-hydrogen) atoms. The van der Waals surface area contributed by atoms with Crippen LogP contribution in [0.4, 0.5) is 13.2 Å². The van der Waals surface area contributed by atoms with Crippen LogP contribution in [0, 0.1) is 0 Å². The fourth-order valence-corrected chi connectivity index (χ4v) is 5.23. The smallest absolute Gasteiger partial charge is 0.475 e. The van der Waals surface area contributed by atoms with Crippen LogP contribution in [-0.4, -0.2) is 70.0 Å². The normalized spacial score (nSPS) is 15.0. The largest absolute Gasteiger partial charge is 0.490 e. The molecule has 9 nitrogen and oxygen atoms in total. The number of amides is 3. The number of alkyl halides is 3. The highest BCUT2D eigenvalue weighted by atomic mass is 35.5. The van der Waals surface area contributed by atoms with E-state index in [4.69, 9.17) is 44.7 Å². The van der Waals surface area contributed by atoms with E-state index in [1.54, 1.807) is 29.4 Å². The van der Waals surface area contributed by atoms with Crippen LogP contribution >= 0.6 is 34.8 Å². The number of benzene rings is 2. The second-order valence-electron chi connectivity index (χ2n) is 9.84. The summed E-state index contributed by atoms with van der Waals surface area (Å²) in [5, 5.41) is 14.1. The fourth-order valence-electron chi connectivity index (χ4n) is 4.51. The molecule has 240 valence electrons. The highest BCUT2D eigenvalue weighted by Gasteiger charge is 2.39. The number of carboxylic acids is 1. The van der Waals surface area contributed by atoms with Crippen molar-refractivity contribution in [3.05, 3.63) is 98.7 Å². The van der Waals surface area contributed by atoms with Gasteiger partial charge in [-0.15, -0.1) is 0 Å². The monoisotopic (exact) mass is 686 g/mol. The maximum Gasteiger partial charge on any atom is 0.490 e. The highest BCUT2D eigenvalue weighted by Crippen LogP contribution is 2.23. The minimum Gasteiger partial charge on any atom is -0.475 e. The van der Waals surface area contributed by atoms with Crippen LogP contribution in [-0.2, 0) is 27.2 Å². The Bertz CT molecular complexity index is 1510. The summed E-state index contributed by atoms with van der Waals surface area (Å²) in [6.07, 6.45) is 0.209. The average molecular weight is 688 g/mol. The number of nitrogens with one attached hydrogen (secondary N) is 2. The lowest BCUT2D eigenvalue weighted by atomic mass is 10.0. The number of hydrogen-bond donors (Lipinski definition) is 3. The van der Waals surface area contributed by atoms with E-state index in [9.17, 15) is 27.6 Å². The molecule has 0 spiro atoms. The number of rotatable bonds is 9. The fraction of sp³-hybridized carbons (Fsp3) is 0.300. The first-order valence-electron chi connectivity index (χ1n) is 13.5. The van der Waals surface area contributed by atoms with Crippen LogP contribution in [0.5, 0.6) is 0 Å². The molecule has 1 aliphatic rings. The number of halogens is 6. The Labute approximate surface area is 271 Å². The average Bonchev–Trinajstić information content (AvgIpc) is 3.48. The molecule has 2 atom stereocenters. The van der Waals surface area contributed by atoms with E-state index >= 15 is 0 Å². The third-order valence-corrected chi connectivity index (χ3v) is 7.59. The lowest BCUT2D eigenvalue weighted by Crippen LogP contribution is -2.54. The Kier molecular flexibility index (Phi) is 13.0. The Balaban J connectivity index is 0.000000707. The van der Waals surface area contributed by atoms with Crippen LogP contribution in [0.15, 0.2) is 67.0 Å². The zero-order valence-corrected chi connectivity index (χ0v) is 25.8. The number of carbonyl (C=O) groups excluding carboxylic acids is 3. The van der Waals surface area contributed by atoms with Gasteiger partial charge in [-0.3, -0.25) is 19.4 Å². The second-order valence-corrected chi connectivity index (χ2v) is 11.1. The van der Waals surface area contributed by atoms with E-state index in [0.717, 1.165) is 11.1 Å². The number of aromatic nitrogens is 1. The van der Waals surface area contributed by atoms with Gasteiger partial charge in [0.05, 0.1) is 10.6 Å². The zero-order chi connectivity index (χ0) is 33.1. The van der Waals surface area contributed by atoms with Crippen LogP contribution in [0.2, 0.25) is 15.1 Å². The predicted octanol–water partition coefficient (Wildman–Crippen LogP) is 5.37. The van der Waals surface area contributed by atoms with Crippen LogP contribution < -0.4 is 10.6 Å². The molecule has 0 aliphatic carbocycles. The molecule has 0 unspecified atom stereocenters. The molecule has 4 rings (SSSR count). The van der Waals surface area contributed by atoms with Gasteiger partial charge >= 0.3 is 12.1 Å². The highest BCUT2D eigenvalue weighted by molar-refractivity contribution is 6.36. The van der Waals surface area contributed by atoms with Crippen LogP contribution in [0.3, 0.4) is 0 Å². The van der Waals surface area contributed by atoms with Crippen molar-refractivity contribution in [1.29, 1.82) is 0 Å². The van der Waals surface area contributed by atoms with Gasteiger partial charge in [0.1, 0.15) is 12.1 Å². The minimum absolute atomic E-state index is 0.180. The van der Waals surface area contributed by atoms with Gasteiger partial charge in [0.2, 0.25) is 11.8 Å². The lowest BCUT2D eigenvalue weighted by Gasteiger charge is -2.29. The molecule has 1 aliphatic heterocycles. The maximum absolute atomic E-state index is 13.7. The Morgan fingerprint density at radius 2 is 1.73 bits per heavy atom. The van der Waals surface area contributed by atoms with Gasteiger partial charge < -0.3 is 20.6 Å². The van der Waals surface area contributed by atoms with E-state index < -0.39 is 30.1 Å². The molecule has 1 saturated heterocycles. The van der Waals surface area contributed by atoms with Crippen molar-refractivity contribution in [3.8, 4) is 0 Å². The van der Waals surface area contributed by atoms with E-state index in [0.29, 0.717) is 42.4 Å². The Morgan fingerprint density at radius 1 is 1.02 bits per heavy atom. The van der Waals surface area contributed by atoms with Gasteiger partial charge in [-0.1, -0.05) is 59.1 Å². The van der Waals surface area contributed by atoms with E-state index in [-0.39, 0.29) is 28.8 Å². The first kappa shape index (κ1) is 35.6. The molecule has 0 radical (unpaired) electrons. The molecule has 0 bridgehead atoms. The summed E-state index contributed by atoms with van der Waals surface area (Å²) in [7, 11) is 0. The van der Waals surface area contributed by atoms with Gasteiger partial charge in [0, 0.05) is 41.9 Å². The van der Waals surface area contributed by atoms with Gasteiger partial charge in [0.25, 0.3) is 5.91 Å². The third kappa shape index (κ3) is 10.6. The summed E-state index contributed by atoms with van der Waals surface area (Å²) in [5.74, 6) is -3.83. The molecule has 3 amide bonds. The quantitative estimate of drug-likeness (QED) is 0.278. The Morgan fingerprint density at radius 3 is 2.36 bits per heavy atom. The van der Waals surface area contributed by atoms with Crippen LogP contribution in [0.1, 0.15) is 34.3 Å². The first-order chi connectivity index (χ1) is 21.3. The number of aliphatic carboxylic acids is 1. The van der Waals surface area contributed by atoms with Crippen molar-refractivity contribution in [2.24, 2.45) is 0 Å². The number of likely N-dealkylation sites (tertiary alicyclic amines) is 1. The summed E-state index contributed by atoms with van der Waals surface area (Å²) < 4.78 is 31.7. The number of nitrogens with zero attached hydrogens (tertiary/aromatic N) is 2. The summed E-state index contributed by atoms with van der Waals surface area (Å²) in [4.78, 5) is 54.5. The summed E-state index contributed by atoms with van der Waals surface area (Å²) in [6.45, 7) is 0.814. The topological polar surface area (TPSA) is 129 Å². The molecule has 3 aromatic rings. The number of pyridine rings is 1. The number of hydrogen-bond acceptors (Lipinski definition) is 5. The van der Waals surface area contributed by atoms with Crippen molar-refractivity contribution in [3.63, 3.8) is 0 Å². The summed E-state index contributed by atoms with van der Waals surface area (Å²) in [5.41, 5.74) is 1.91. The van der Waals surface area contributed by atoms with E-state index in [2.05, 4.69) is 15.6 Å². The molecule has 1 fully saturated rings. The van der Waals surface area contributed by atoms with Gasteiger partial charge in [-0.2, -0.15) is 13.2 Å². The molecule has 3 N–H and O–H groups in total. The molecule has 0 saturated carbocycles. The SMILES string of the molecule is O=C(N[C@@H](Cc1cccnc1)C(=O)N1CCC[C@H]1C(=O)NCCc1ccccc1Cl)c1ccc(Cl)cc1Cl.O=C(O)C(F)(F)F. The predicted molar refractivity (Wildman–Crippen MR) is 162 cm³/mol. The molecular formula is C30H28Cl3F3N4O5. The summed E-state index contributed by atoms with van der Waals surface area (Å²) >= 11 is 18.4. The number of carboxylic acid groups (broad SMARTS) is 1. The van der Waals surface area contributed by atoms with E-state index in [1.165, 1.54) is 12.1 Å². The molecule has 2 heterocycles. The van der Waals surface area contributed by atoms with Crippen molar-refractivity contribution < 1.29 is 37.5 Å². The summed E-state index contributed by atoms with van der Waals surface area (Å²) in [6, 6.07) is 14.1. The standard InChI is InChI=1S/C28H27Cl3N4O3.C2HF3O2/c29-20-9-10-21(23(31)16-20)26(36)34-24(15-18-5-3-12-32-17-18)28(38)35-14-4-8-25(35)27(37)33-13-11-19-6-1-2-7-22(19)30;3-2(4,5)1(6)7/h1-3,5-7,9-10,12,16-17,24-25H,4,8,11,13-15H2,(H,33,37)(H,34,36);(H,6,7)/t24-,25-;/m0./s1. The Hall–Kier alpha value is -3.87. The molecule has 15 heteroatoms. The van der Waals surface area contributed by atoms with Crippen molar-refractivity contribution in [1.82, 2.24) is 20.5 Å². The third-order valence-electron chi connectivity index (χ3n) is 6.67. The van der Waals surface area contributed by atoms with Gasteiger partial charge in [-0.25, -0.2) is 4.79 Å². The van der Waals surface area contributed by atoms with Crippen molar-refractivity contribution in [2.45, 2.75) is 43.9 Å². The second kappa shape index (κ2) is 16.4. The van der Waals surface area contributed by atoms with Gasteiger partial charge in [0.15, 0.2) is 0 Å². The number of carbonyl (C=O) groups is 4. The van der Waals surface area contributed by atoms with Gasteiger partial charge in [-0.05, 0) is 60.7 Å². The maximum atomic E-state index is 13.7. The molecule has 1 aromatic heterocycles. The van der Waals surface area contributed by atoms with Crippen LogP contribution in [0.25, 0.3) is 0 Å². The first-order valence-corrected chi connectivity index (χ1v) is 14.7. The van der Waals surface area contributed by atoms with Crippen molar-refractivity contribution in [2.75, 3.05) is 13.1 Å².